The first-order valence-corrected chi connectivity index (χ1v) is 18.3. The average molecular weight is 745 g/mol. The number of alkyl halides is 1. The van der Waals surface area contributed by atoms with E-state index >= 15 is 4.79 Å². The number of nitrogens with one attached hydrogen (secondary N) is 1. The van der Waals surface area contributed by atoms with E-state index in [9.17, 15) is 19.5 Å². The maximum absolute atomic E-state index is 15.0. The summed E-state index contributed by atoms with van der Waals surface area (Å²) in [5.41, 5.74) is -1.27. The zero-order valence-corrected chi connectivity index (χ0v) is 31.4. The van der Waals surface area contributed by atoms with Crippen molar-refractivity contribution in [2.75, 3.05) is 19.8 Å². The predicted molar refractivity (Wildman–Crippen MR) is 191 cm³/mol. The summed E-state index contributed by atoms with van der Waals surface area (Å²) in [5, 5.41) is 13.6. The Morgan fingerprint density at radius 3 is 2.43 bits per heavy atom. The Labute approximate surface area is 299 Å². The van der Waals surface area contributed by atoms with Gasteiger partial charge in [-0.15, -0.1) is 13.2 Å². The molecular formula is C38H54BrN3O7. The number of amides is 3. The van der Waals surface area contributed by atoms with E-state index < -0.39 is 59.1 Å². The topological polar surface area (TPSA) is 125 Å². The number of aliphatic hydroxyl groups excluding tert-OH is 1. The second-order valence-electron chi connectivity index (χ2n) is 15.4. The first-order valence-electron chi connectivity index (χ1n) is 17.4. The number of carbonyl (C=O) groups is 4. The number of likely N-dealkylation sites (tertiary alicyclic amines) is 1. The minimum absolute atomic E-state index is 0.0967. The highest BCUT2D eigenvalue weighted by Gasteiger charge is 2.77. The van der Waals surface area contributed by atoms with Crippen LogP contribution in [0.2, 0.25) is 0 Å². The number of benzene rings is 1. The van der Waals surface area contributed by atoms with Crippen LogP contribution in [-0.2, 0) is 28.7 Å². The van der Waals surface area contributed by atoms with Crippen LogP contribution in [0.4, 0.5) is 0 Å². The van der Waals surface area contributed by atoms with Crippen molar-refractivity contribution in [3.8, 4) is 0 Å². The van der Waals surface area contributed by atoms with E-state index in [0.29, 0.717) is 25.7 Å². The Morgan fingerprint density at radius 2 is 1.86 bits per heavy atom. The summed E-state index contributed by atoms with van der Waals surface area (Å²) in [5.74, 6) is -3.38. The van der Waals surface area contributed by atoms with Gasteiger partial charge < -0.3 is 29.7 Å². The smallest absolute Gasteiger partial charge is 0.306 e. The molecule has 1 aromatic carbocycles. The molecule has 3 aliphatic heterocycles. The van der Waals surface area contributed by atoms with E-state index in [-0.39, 0.29) is 48.2 Å². The lowest BCUT2D eigenvalue weighted by atomic mass is 9.70. The molecule has 3 fully saturated rings. The molecular weight excluding hydrogens is 690 g/mol. The second kappa shape index (κ2) is 15.5. The van der Waals surface area contributed by atoms with Crippen molar-refractivity contribution in [1.82, 2.24) is 15.1 Å². The number of esters is 1. The van der Waals surface area contributed by atoms with E-state index in [2.05, 4.69) is 55.2 Å². The van der Waals surface area contributed by atoms with Gasteiger partial charge >= 0.3 is 5.97 Å². The molecule has 11 heteroatoms. The fourth-order valence-electron chi connectivity index (χ4n) is 8.40. The van der Waals surface area contributed by atoms with Gasteiger partial charge in [0.1, 0.15) is 18.2 Å². The largest absolute Gasteiger partial charge is 0.463 e. The van der Waals surface area contributed by atoms with Crippen LogP contribution < -0.4 is 5.32 Å². The minimum Gasteiger partial charge on any atom is -0.463 e. The summed E-state index contributed by atoms with van der Waals surface area (Å²) in [6, 6.07) is 6.82. The quantitative estimate of drug-likeness (QED) is 0.137. The number of hydrogen-bond acceptors (Lipinski definition) is 7. The van der Waals surface area contributed by atoms with Crippen LogP contribution in [-0.4, -0.2) is 92.5 Å². The molecule has 0 saturated carbocycles. The Balaban J connectivity index is 1.73. The van der Waals surface area contributed by atoms with Crippen LogP contribution in [0.25, 0.3) is 0 Å². The first kappa shape index (κ1) is 38.8. The molecule has 4 rings (SSSR count). The van der Waals surface area contributed by atoms with Crippen LogP contribution in [0, 0.1) is 17.3 Å². The number of rotatable bonds is 16. The Bertz CT molecular complexity index is 1390. The third-order valence-electron chi connectivity index (χ3n) is 10.1. The van der Waals surface area contributed by atoms with Gasteiger partial charge in [-0.05, 0) is 50.5 Å². The fourth-order valence-corrected chi connectivity index (χ4v) is 9.34. The summed E-state index contributed by atoms with van der Waals surface area (Å²) in [6.07, 6.45) is 4.73. The highest BCUT2D eigenvalue weighted by Crippen LogP contribution is 2.61. The molecule has 10 nitrogen and oxygen atoms in total. The van der Waals surface area contributed by atoms with E-state index in [1.807, 2.05) is 51.1 Å². The molecule has 0 aromatic heterocycles. The number of nitrogens with zero attached hydrogens (tertiary/aromatic N) is 2. The first-order chi connectivity index (χ1) is 23.1. The summed E-state index contributed by atoms with van der Waals surface area (Å²) >= 11 is 3.75. The number of allylic oxidation sites excluding steroid dienone is 1. The summed E-state index contributed by atoms with van der Waals surface area (Å²) in [4.78, 5) is 59.5. The summed E-state index contributed by atoms with van der Waals surface area (Å²) < 4.78 is 12.3. The van der Waals surface area contributed by atoms with Crippen molar-refractivity contribution in [1.29, 1.82) is 0 Å². The predicted octanol–water partition coefficient (Wildman–Crippen LogP) is 5.10. The van der Waals surface area contributed by atoms with Crippen LogP contribution in [0.15, 0.2) is 55.6 Å². The molecule has 1 spiro atoms. The molecule has 3 heterocycles. The molecule has 3 aliphatic rings. The maximum atomic E-state index is 15.0. The average Bonchev–Trinajstić information content (AvgIpc) is 3.63. The normalized spacial score (nSPS) is 27.3. The minimum atomic E-state index is -1.30. The van der Waals surface area contributed by atoms with Gasteiger partial charge in [-0.3, -0.25) is 19.2 Å². The molecule has 1 aromatic rings. The van der Waals surface area contributed by atoms with E-state index in [4.69, 9.17) is 9.47 Å². The van der Waals surface area contributed by atoms with E-state index in [0.717, 1.165) is 5.56 Å². The van der Waals surface area contributed by atoms with Gasteiger partial charge in [0, 0.05) is 23.3 Å². The Hall–Kier alpha value is -3.02. The second-order valence-corrected chi connectivity index (χ2v) is 16.6. The van der Waals surface area contributed by atoms with Crippen molar-refractivity contribution in [3.05, 3.63) is 61.2 Å². The van der Waals surface area contributed by atoms with Gasteiger partial charge in [-0.1, -0.05) is 86.1 Å². The zero-order chi connectivity index (χ0) is 36.3. The van der Waals surface area contributed by atoms with Crippen molar-refractivity contribution >= 4 is 39.6 Å². The monoisotopic (exact) mass is 743 g/mol. The number of carbonyl (C=O) groups excluding carboxylic acids is 4. The van der Waals surface area contributed by atoms with E-state index in [1.165, 1.54) is 4.90 Å². The Morgan fingerprint density at radius 1 is 1.18 bits per heavy atom. The van der Waals surface area contributed by atoms with Crippen LogP contribution in [0.3, 0.4) is 0 Å². The molecule has 0 aliphatic carbocycles. The highest BCUT2D eigenvalue weighted by molar-refractivity contribution is 9.09. The van der Waals surface area contributed by atoms with Gasteiger partial charge in [0.05, 0.1) is 36.6 Å². The van der Waals surface area contributed by atoms with Crippen molar-refractivity contribution in [2.45, 2.75) is 114 Å². The standard InChI is InChI=1S/C38H54BrN3O7/c1-9-12-18-28(44)48-22-27(24-16-14-13-15-17-24)40-33(45)29-30-34(46)42(25(11-3)21-43)32(38(30)20-26(39)31(29)49-38)35(47)41(19-10-2)37(7,8)23-36(4,5)6/h9-10,13-17,25-27,29-32,43H,1-2,11-12,18-23H2,3-8H3,(H,40,45)/t25-,26?,27-,29-,30+,31-,32-,38+/m0/s1. The number of fused-ring (bicyclic) bond motifs is 1. The van der Waals surface area contributed by atoms with Crippen LogP contribution >= 0.6 is 15.9 Å². The molecule has 49 heavy (non-hydrogen) atoms. The molecule has 8 atom stereocenters. The van der Waals surface area contributed by atoms with Crippen molar-refractivity contribution < 1.29 is 33.8 Å². The van der Waals surface area contributed by atoms with Gasteiger partial charge in [-0.2, -0.15) is 0 Å². The van der Waals surface area contributed by atoms with Crippen LogP contribution in [0.5, 0.6) is 0 Å². The lowest BCUT2D eigenvalue weighted by Gasteiger charge is -2.46. The van der Waals surface area contributed by atoms with Gasteiger partial charge in [-0.25, -0.2) is 0 Å². The van der Waals surface area contributed by atoms with Gasteiger partial charge in [0.2, 0.25) is 17.7 Å². The van der Waals surface area contributed by atoms with E-state index in [1.54, 1.807) is 17.1 Å². The highest BCUT2D eigenvalue weighted by atomic mass is 79.9. The van der Waals surface area contributed by atoms with Gasteiger partial charge in [0.25, 0.3) is 0 Å². The zero-order valence-electron chi connectivity index (χ0n) is 29.8. The molecule has 2 N–H and O–H groups in total. The fraction of sp³-hybridized carbons (Fsp3) is 0.632. The summed E-state index contributed by atoms with van der Waals surface area (Å²) in [7, 11) is 0. The number of hydrogen-bond donors (Lipinski definition) is 2. The Kier molecular flexibility index (Phi) is 12.2. The van der Waals surface area contributed by atoms with Gasteiger partial charge in [0.15, 0.2) is 0 Å². The maximum Gasteiger partial charge on any atom is 0.306 e. The molecule has 2 bridgehead atoms. The molecule has 3 amide bonds. The van der Waals surface area contributed by atoms with Crippen molar-refractivity contribution in [3.63, 3.8) is 0 Å². The van der Waals surface area contributed by atoms with Crippen molar-refractivity contribution in [2.24, 2.45) is 17.3 Å². The SMILES string of the molecule is C=CCCC(=O)OC[C@H](NC(=O)[C@@H]1[C@H]2O[C@@]3(CC2Br)[C@H](C(=O)N(CC=C)C(C)(C)CC(C)(C)C)N([C@@H](CC)CO)C(=O)[C@@H]13)c1ccccc1. The third kappa shape index (κ3) is 7.84. The lowest BCUT2D eigenvalue weighted by Crippen LogP contribution is -2.62. The number of halogens is 1. The number of ether oxygens (including phenoxy) is 2. The molecule has 270 valence electrons. The molecule has 0 radical (unpaired) electrons. The van der Waals surface area contributed by atoms with Crippen LogP contribution in [0.1, 0.15) is 85.3 Å². The molecule has 1 unspecified atom stereocenters. The molecule has 3 saturated heterocycles. The summed E-state index contributed by atoms with van der Waals surface area (Å²) in [6.45, 7) is 19.7. The number of aliphatic hydroxyl groups is 1. The third-order valence-corrected chi connectivity index (χ3v) is 10.9. The lowest BCUT2D eigenvalue weighted by molar-refractivity contribution is -0.155.